The molecular formula is C24H24FN5O2. The smallest absolute Gasteiger partial charge is 0.232 e. The van der Waals surface area contributed by atoms with Crippen LogP contribution in [-0.2, 0) is 11.2 Å². The SMILES string of the molecule is CC(=O)N1CCCC(Cc2c(-c3ccc(F)cc3)nn(-c3nc4ccccc4[nH]3)c2O)C1. The van der Waals surface area contributed by atoms with Crippen LogP contribution in [0.15, 0.2) is 48.5 Å². The summed E-state index contributed by atoms with van der Waals surface area (Å²) in [6.45, 7) is 3.00. The van der Waals surface area contributed by atoms with Crippen LogP contribution in [0.3, 0.4) is 0 Å². The molecule has 7 nitrogen and oxygen atoms in total. The molecule has 1 fully saturated rings. The van der Waals surface area contributed by atoms with Crippen molar-refractivity contribution in [2.24, 2.45) is 5.92 Å². The molecule has 1 atom stereocenters. The lowest BCUT2D eigenvalue weighted by Gasteiger charge is -2.32. The van der Waals surface area contributed by atoms with E-state index in [1.807, 2.05) is 29.2 Å². The van der Waals surface area contributed by atoms with Gasteiger partial charge in [-0.2, -0.15) is 9.78 Å². The fraction of sp³-hybridized carbons (Fsp3) is 0.292. The summed E-state index contributed by atoms with van der Waals surface area (Å²) in [4.78, 5) is 21.5. The highest BCUT2D eigenvalue weighted by molar-refractivity contribution is 5.76. The van der Waals surface area contributed by atoms with Crippen molar-refractivity contribution >= 4 is 16.9 Å². The Balaban J connectivity index is 1.57. The van der Waals surface area contributed by atoms with Crippen LogP contribution in [0, 0.1) is 11.7 Å². The molecule has 1 saturated heterocycles. The molecule has 2 aromatic heterocycles. The molecule has 5 rings (SSSR count). The quantitative estimate of drug-likeness (QED) is 0.508. The lowest BCUT2D eigenvalue weighted by atomic mass is 9.90. The van der Waals surface area contributed by atoms with E-state index in [1.165, 1.54) is 16.8 Å². The lowest BCUT2D eigenvalue weighted by Crippen LogP contribution is -2.39. The highest BCUT2D eigenvalue weighted by Gasteiger charge is 2.27. The number of aromatic hydroxyl groups is 1. The van der Waals surface area contributed by atoms with E-state index in [4.69, 9.17) is 0 Å². The number of hydrogen-bond donors (Lipinski definition) is 2. The standard InChI is InChI=1S/C24H24FN5O2/c1-15(31)29-12-4-5-16(14-29)13-19-22(17-8-10-18(25)11-9-17)28-30(23(19)32)24-26-20-6-2-3-7-21(20)27-24/h2-3,6-11,16,32H,4-5,12-14H2,1H3,(H,26,27). The van der Waals surface area contributed by atoms with E-state index < -0.39 is 0 Å². The van der Waals surface area contributed by atoms with Crippen LogP contribution in [0.4, 0.5) is 4.39 Å². The molecule has 1 unspecified atom stereocenters. The van der Waals surface area contributed by atoms with Gasteiger partial charge in [-0.25, -0.2) is 9.37 Å². The first-order valence-electron chi connectivity index (χ1n) is 10.8. The number of rotatable bonds is 4. The third-order valence-corrected chi connectivity index (χ3v) is 6.11. The average Bonchev–Trinajstić information content (AvgIpc) is 3.36. The summed E-state index contributed by atoms with van der Waals surface area (Å²) in [6, 6.07) is 13.7. The van der Waals surface area contributed by atoms with Crippen LogP contribution in [0.2, 0.25) is 0 Å². The fourth-order valence-corrected chi connectivity index (χ4v) is 4.46. The number of benzene rings is 2. The van der Waals surface area contributed by atoms with Gasteiger partial charge in [0.1, 0.15) is 11.5 Å². The van der Waals surface area contributed by atoms with Crippen molar-refractivity contribution in [3.05, 3.63) is 59.9 Å². The Kier molecular flexibility index (Phi) is 5.13. The number of imidazole rings is 1. The van der Waals surface area contributed by atoms with Gasteiger partial charge in [-0.05, 0) is 61.6 Å². The summed E-state index contributed by atoms with van der Waals surface area (Å²) in [5.41, 5.74) is 3.58. The van der Waals surface area contributed by atoms with Gasteiger partial charge < -0.3 is 15.0 Å². The van der Waals surface area contributed by atoms with Gasteiger partial charge in [0.25, 0.3) is 0 Å². The van der Waals surface area contributed by atoms with Gasteiger partial charge in [-0.1, -0.05) is 12.1 Å². The molecule has 164 valence electrons. The summed E-state index contributed by atoms with van der Waals surface area (Å²) in [7, 11) is 0. The number of halogens is 1. The highest BCUT2D eigenvalue weighted by atomic mass is 19.1. The molecule has 2 aromatic carbocycles. The average molecular weight is 433 g/mol. The normalized spacial score (nSPS) is 16.6. The second-order valence-corrected chi connectivity index (χ2v) is 8.32. The zero-order valence-electron chi connectivity index (χ0n) is 17.8. The molecule has 8 heteroatoms. The van der Waals surface area contributed by atoms with E-state index >= 15 is 0 Å². The van der Waals surface area contributed by atoms with Crippen LogP contribution in [0.25, 0.3) is 28.2 Å². The van der Waals surface area contributed by atoms with Crippen molar-refractivity contribution in [3.8, 4) is 23.1 Å². The number of piperidine rings is 1. The maximum absolute atomic E-state index is 13.5. The first-order chi connectivity index (χ1) is 15.5. The number of carbonyl (C=O) groups excluding carboxylic acids is 1. The zero-order valence-corrected chi connectivity index (χ0v) is 17.8. The number of H-pyrrole nitrogens is 1. The minimum Gasteiger partial charge on any atom is -0.493 e. The number of aromatic nitrogens is 4. The molecule has 0 saturated carbocycles. The van der Waals surface area contributed by atoms with Gasteiger partial charge in [-0.15, -0.1) is 0 Å². The molecule has 4 aromatic rings. The van der Waals surface area contributed by atoms with Gasteiger partial charge >= 0.3 is 0 Å². The Morgan fingerprint density at radius 3 is 2.75 bits per heavy atom. The molecule has 1 amide bonds. The first kappa shape index (κ1) is 20.2. The Morgan fingerprint density at radius 2 is 2.00 bits per heavy atom. The summed E-state index contributed by atoms with van der Waals surface area (Å²) < 4.78 is 14.9. The predicted octanol–water partition coefficient (Wildman–Crippen LogP) is 4.06. The van der Waals surface area contributed by atoms with E-state index in [0.717, 1.165) is 30.4 Å². The third-order valence-electron chi connectivity index (χ3n) is 6.11. The molecule has 1 aliphatic rings. The molecule has 0 spiro atoms. The van der Waals surface area contributed by atoms with Crippen LogP contribution >= 0.6 is 0 Å². The minimum absolute atomic E-state index is 0.00308. The first-order valence-corrected chi connectivity index (χ1v) is 10.8. The van der Waals surface area contributed by atoms with Crippen LogP contribution in [0.1, 0.15) is 25.3 Å². The summed E-state index contributed by atoms with van der Waals surface area (Å²) in [5, 5.41) is 15.9. The number of likely N-dealkylation sites (tertiary alicyclic amines) is 1. The number of para-hydroxylation sites is 2. The summed E-state index contributed by atoms with van der Waals surface area (Å²) >= 11 is 0. The lowest BCUT2D eigenvalue weighted by molar-refractivity contribution is -0.130. The maximum Gasteiger partial charge on any atom is 0.232 e. The van der Waals surface area contributed by atoms with Crippen molar-refractivity contribution in [2.45, 2.75) is 26.2 Å². The van der Waals surface area contributed by atoms with Crippen LogP contribution < -0.4 is 0 Å². The van der Waals surface area contributed by atoms with Crippen molar-refractivity contribution in [1.29, 1.82) is 0 Å². The number of nitrogens with one attached hydrogen (secondary N) is 1. The van der Waals surface area contributed by atoms with Crippen molar-refractivity contribution < 1.29 is 14.3 Å². The second-order valence-electron chi connectivity index (χ2n) is 8.32. The molecule has 3 heterocycles. The van der Waals surface area contributed by atoms with E-state index in [2.05, 4.69) is 15.1 Å². The summed E-state index contributed by atoms with van der Waals surface area (Å²) in [6.07, 6.45) is 2.44. The minimum atomic E-state index is -0.333. The largest absolute Gasteiger partial charge is 0.493 e. The van der Waals surface area contributed by atoms with Gasteiger partial charge in [0.05, 0.1) is 11.0 Å². The van der Waals surface area contributed by atoms with Gasteiger partial charge in [0, 0.05) is 31.1 Å². The second kappa shape index (κ2) is 8.11. The number of aromatic amines is 1. The number of nitrogens with zero attached hydrogens (tertiary/aromatic N) is 4. The molecule has 32 heavy (non-hydrogen) atoms. The third kappa shape index (κ3) is 3.72. The Morgan fingerprint density at radius 1 is 1.22 bits per heavy atom. The number of fused-ring (bicyclic) bond motifs is 1. The van der Waals surface area contributed by atoms with E-state index in [1.54, 1.807) is 19.1 Å². The monoisotopic (exact) mass is 433 g/mol. The Labute approximate surface area is 184 Å². The molecule has 0 bridgehead atoms. The number of carbonyl (C=O) groups is 1. The van der Waals surface area contributed by atoms with E-state index in [0.29, 0.717) is 35.7 Å². The van der Waals surface area contributed by atoms with Crippen LogP contribution in [-0.4, -0.2) is 48.8 Å². The maximum atomic E-state index is 13.5. The number of amides is 1. The van der Waals surface area contributed by atoms with Crippen LogP contribution in [0.5, 0.6) is 5.88 Å². The predicted molar refractivity (Wildman–Crippen MR) is 119 cm³/mol. The van der Waals surface area contributed by atoms with Crippen molar-refractivity contribution in [3.63, 3.8) is 0 Å². The fourth-order valence-electron chi connectivity index (χ4n) is 4.46. The Bertz CT molecular complexity index is 1240. The van der Waals surface area contributed by atoms with Gasteiger partial charge in [0.15, 0.2) is 0 Å². The summed E-state index contributed by atoms with van der Waals surface area (Å²) in [5.74, 6) is 0.345. The molecular weight excluding hydrogens is 409 g/mol. The molecule has 2 N–H and O–H groups in total. The van der Waals surface area contributed by atoms with Crippen molar-refractivity contribution in [2.75, 3.05) is 13.1 Å². The van der Waals surface area contributed by atoms with E-state index in [9.17, 15) is 14.3 Å². The molecule has 0 aliphatic carbocycles. The van der Waals surface area contributed by atoms with Gasteiger partial charge in [0.2, 0.25) is 17.7 Å². The zero-order chi connectivity index (χ0) is 22.2. The van der Waals surface area contributed by atoms with E-state index in [-0.39, 0.29) is 23.5 Å². The topological polar surface area (TPSA) is 87.0 Å². The Hall–Kier alpha value is -3.68. The highest BCUT2D eigenvalue weighted by Crippen LogP contribution is 2.35. The molecule has 0 radical (unpaired) electrons. The van der Waals surface area contributed by atoms with Crippen molar-refractivity contribution in [1.82, 2.24) is 24.6 Å². The molecule has 1 aliphatic heterocycles. The van der Waals surface area contributed by atoms with Gasteiger partial charge in [-0.3, -0.25) is 4.79 Å². The number of hydrogen-bond acceptors (Lipinski definition) is 4.